The van der Waals surface area contributed by atoms with Crippen LogP contribution in [0.4, 0.5) is 9.18 Å². The van der Waals surface area contributed by atoms with Crippen molar-refractivity contribution in [2.75, 3.05) is 11.5 Å². The second kappa shape index (κ2) is 5.89. The van der Waals surface area contributed by atoms with Crippen LogP contribution in [0.1, 0.15) is 24.9 Å². The third kappa shape index (κ3) is 2.26. The minimum absolute atomic E-state index is 0.356. The highest BCUT2D eigenvalue weighted by atomic mass is 32.2. The Morgan fingerprint density at radius 3 is 2.50 bits per heavy atom. The highest BCUT2D eigenvalue weighted by Gasteiger charge is 2.90. The molecule has 5 rings (SSSR count). The zero-order valence-corrected chi connectivity index (χ0v) is 16.8. The Balaban J connectivity index is 1.46. The van der Waals surface area contributed by atoms with Crippen molar-refractivity contribution in [3.05, 3.63) is 35.9 Å². The summed E-state index contributed by atoms with van der Waals surface area (Å²) in [5, 5.41) is 7.71. The maximum atomic E-state index is 16.2. The van der Waals surface area contributed by atoms with Gasteiger partial charge in [-0.25, -0.2) is 9.18 Å². The van der Waals surface area contributed by atoms with Gasteiger partial charge < -0.3 is 10.6 Å². The van der Waals surface area contributed by atoms with Crippen LogP contribution in [0.15, 0.2) is 30.3 Å². The van der Waals surface area contributed by atoms with E-state index in [4.69, 9.17) is 0 Å². The van der Waals surface area contributed by atoms with Crippen LogP contribution in [0.3, 0.4) is 0 Å². The fraction of sp³-hybridized carbons (Fsp3) is 0.526. The Morgan fingerprint density at radius 1 is 1.21 bits per heavy atom. The van der Waals surface area contributed by atoms with Gasteiger partial charge in [0.25, 0.3) is 11.8 Å². The van der Waals surface area contributed by atoms with E-state index in [2.05, 4.69) is 16.0 Å². The van der Waals surface area contributed by atoms with E-state index >= 15 is 4.39 Å². The number of rotatable bonds is 3. The first-order valence-electron chi connectivity index (χ1n) is 9.30. The molecule has 9 heteroatoms. The van der Waals surface area contributed by atoms with E-state index in [0.29, 0.717) is 6.42 Å². The van der Waals surface area contributed by atoms with Crippen molar-refractivity contribution in [3.8, 4) is 0 Å². The molecule has 4 aliphatic rings. The lowest BCUT2D eigenvalue weighted by Gasteiger charge is -2.33. The molecule has 2 aliphatic carbocycles. The van der Waals surface area contributed by atoms with E-state index in [-0.39, 0.29) is 6.04 Å². The number of hydrogen-bond donors (Lipinski definition) is 3. The molecule has 0 bridgehead atoms. The number of amides is 4. The normalized spacial score (nSPS) is 38.2. The Morgan fingerprint density at radius 2 is 1.89 bits per heavy atom. The van der Waals surface area contributed by atoms with E-state index in [1.54, 1.807) is 23.5 Å². The SMILES string of the molecule is C[C@@H](NC(=O)[C@]1(F)[C@@H]2[C@H]1[C@@]1(CC23SCCS3)NC(=O)NC1=O)c1ccccc1. The summed E-state index contributed by atoms with van der Waals surface area (Å²) >= 11 is 3.23. The molecule has 5 atom stereocenters. The van der Waals surface area contributed by atoms with Crippen molar-refractivity contribution in [1.29, 1.82) is 0 Å². The topological polar surface area (TPSA) is 87.3 Å². The number of carbonyl (C=O) groups excluding carboxylic acids is 3. The van der Waals surface area contributed by atoms with Crippen molar-refractivity contribution in [1.82, 2.24) is 16.0 Å². The molecule has 2 saturated carbocycles. The van der Waals surface area contributed by atoms with Crippen molar-refractivity contribution in [2.24, 2.45) is 11.8 Å². The smallest absolute Gasteiger partial charge is 0.322 e. The summed E-state index contributed by atoms with van der Waals surface area (Å²) in [5.74, 6) is -0.952. The predicted molar refractivity (Wildman–Crippen MR) is 105 cm³/mol. The maximum absolute atomic E-state index is 16.2. The summed E-state index contributed by atoms with van der Waals surface area (Å²) < 4.78 is 15.6. The summed E-state index contributed by atoms with van der Waals surface area (Å²) in [6.45, 7) is 1.81. The molecule has 0 aromatic heterocycles. The number of thioether (sulfide) groups is 2. The van der Waals surface area contributed by atoms with E-state index in [0.717, 1.165) is 17.1 Å². The molecule has 1 aromatic rings. The van der Waals surface area contributed by atoms with Gasteiger partial charge in [0.1, 0.15) is 5.54 Å². The second-order valence-electron chi connectivity index (χ2n) is 7.89. The zero-order chi connectivity index (χ0) is 19.7. The summed E-state index contributed by atoms with van der Waals surface area (Å²) in [6, 6.07) is 8.39. The predicted octanol–water partition coefficient (Wildman–Crippen LogP) is 1.98. The van der Waals surface area contributed by atoms with Gasteiger partial charge in [0.2, 0.25) is 0 Å². The Bertz CT molecular complexity index is 878. The third-order valence-electron chi connectivity index (χ3n) is 6.40. The van der Waals surface area contributed by atoms with Crippen molar-refractivity contribution >= 4 is 41.4 Å². The summed E-state index contributed by atoms with van der Waals surface area (Å²) in [7, 11) is 0. The number of urea groups is 1. The van der Waals surface area contributed by atoms with Gasteiger partial charge in [-0.15, -0.1) is 23.5 Å². The standard InChI is InChI=1S/C19H20FN3O3S2/c1-10(11-5-3-2-4-6-11)21-15(25)19(20)12-13(19)18(27-7-8-28-18)9-17(12)14(24)22-16(26)23-17/h2-6,10,12-13H,7-9H2,1H3,(H,21,25)(H2,22,23,24,26)/t10-,12+,13-,17-,19-/m1/s1. The maximum Gasteiger partial charge on any atom is 0.322 e. The second-order valence-corrected chi connectivity index (χ2v) is 11.0. The molecule has 2 aliphatic heterocycles. The van der Waals surface area contributed by atoms with Gasteiger partial charge >= 0.3 is 6.03 Å². The largest absolute Gasteiger partial charge is 0.347 e. The Kier molecular flexibility index (Phi) is 3.85. The lowest BCUT2D eigenvalue weighted by Crippen LogP contribution is -2.54. The van der Waals surface area contributed by atoms with Crippen LogP contribution < -0.4 is 16.0 Å². The van der Waals surface area contributed by atoms with E-state index < -0.39 is 45.0 Å². The van der Waals surface area contributed by atoms with Crippen LogP contribution >= 0.6 is 23.5 Å². The van der Waals surface area contributed by atoms with Crippen LogP contribution in [-0.4, -0.2) is 44.6 Å². The minimum atomic E-state index is -2.17. The Hall–Kier alpha value is -1.74. The molecule has 3 N–H and O–H groups in total. The number of halogens is 1. The van der Waals surface area contributed by atoms with Gasteiger partial charge in [0, 0.05) is 29.8 Å². The molecule has 28 heavy (non-hydrogen) atoms. The third-order valence-corrected chi connectivity index (χ3v) is 9.96. The molecule has 6 nitrogen and oxygen atoms in total. The number of fused-ring (bicyclic) bond motifs is 3. The number of carbonyl (C=O) groups is 3. The highest BCUT2D eigenvalue weighted by Crippen LogP contribution is 2.78. The Labute approximate surface area is 170 Å². The van der Waals surface area contributed by atoms with Crippen LogP contribution in [0, 0.1) is 11.8 Å². The first kappa shape index (κ1) is 18.3. The molecular formula is C19H20FN3O3S2. The quantitative estimate of drug-likeness (QED) is 0.650. The molecule has 4 amide bonds. The van der Waals surface area contributed by atoms with Crippen LogP contribution in [0.25, 0.3) is 0 Å². The summed E-state index contributed by atoms with van der Waals surface area (Å²) in [4.78, 5) is 37.5. The fourth-order valence-corrected chi connectivity index (χ4v) is 9.02. The van der Waals surface area contributed by atoms with Gasteiger partial charge in [-0.1, -0.05) is 30.3 Å². The molecule has 0 radical (unpaired) electrons. The monoisotopic (exact) mass is 421 g/mol. The van der Waals surface area contributed by atoms with Gasteiger partial charge in [0.15, 0.2) is 5.67 Å². The molecule has 148 valence electrons. The van der Waals surface area contributed by atoms with Crippen LogP contribution in [0.2, 0.25) is 0 Å². The van der Waals surface area contributed by atoms with Crippen LogP contribution in [0.5, 0.6) is 0 Å². The zero-order valence-electron chi connectivity index (χ0n) is 15.2. The van der Waals surface area contributed by atoms with Gasteiger partial charge in [-0.3, -0.25) is 14.9 Å². The van der Waals surface area contributed by atoms with Gasteiger partial charge in [-0.05, 0) is 12.5 Å². The first-order valence-corrected chi connectivity index (χ1v) is 11.3. The van der Waals surface area contributed by atoms with Gasteiger partial charge in [-0.2, -0.15) is 0 Å². The average Bonchev–Trinajstić information content (AvgIpc) is 2.95. The molecule has 2 saturated heterocycles. The molecule has 2 spiro atoms. The number of imide groups is 1. The number of benzene rings is 1. The molecule has 1 aromatic carbocycles. The minimum Gasteiger partial charge on any atom is -0.347 e. The van der Waals surface area contributed by atoms with Crippen molar-refractivity contribution in [2.45, 2.75) is 34.7 Å². The van der Waals surface area contributed by atoms with E-state index in [1.165, 1.54) is 0 Å². The fourth-order valence-electron chi connectivity index (χ4n) is 5.20. The summed E-state index contributed by atoms with van der Waals surface area (Å²) in [6.07, 6.45) is 0.357. The highest BCUT2D eigenvalue weighted by molar-refractivity contribution is 8.21. The molecule has 2 heterocycles. The van der Waals surface area contributed by atoms with E-state index in [1.807, 2.05) is 37.3 Å². The number of nitrogens with one attached hydrogen (secondary N) is 3. The van der Waals surface area contributed by atoms with Crippen molar-refractivity contribution in [3.63, 3.8) is 0 Å². The van der Waals surface area contributed by atoms with E-state index in [9.17, 15) is 14.4 Å². The van der Waals surface area contributed by atoms with Gasteiger partial charge in [0.05, 0.1) is 10.1 Å². The summed E-state index contributed by atoms with van der Waals surface area (Å²) in [5.41, 5.74) is -2.62. The molecule has 4 fully saturated rings. The molecule has 0 unspecified atom stereocenters. The molecular weight excluding hydrogens is 401 g/mol. The van der Waals surface area contributed by atoms with Crippen LogP contribution in [-0.2, 0) is 9.59 Å². The van der Waals surface area contributed by atoms with Crippen molar-refractivity contribution < 1.29 is 18.8 Å². The lowest BCUT2D eigenvalue weighted by molar-refractivity contribution is -0.131. The average molecular weight is 422 g/mol. The first-order chi connectivity index (χ1) is 13.3. The number of hydrogen-bond acceptors (Lipinski definition) is 5. The number of alkyl halides is 1. The lowest BCUT2D eigenvalue weighted by atomic mass is 9.89.